The van der Waals surface area contributed by atoms with Crippen LogP contribution < -0.4 is 9.64 Å². The Balaban J connectivity index is 2.09. The van der Waals surface area contributed by atoms with Crippen molar-refractivity contribution in [2.75, 3.05) is 38.3 Å². The smallest absolute Gasteiger partial charge is 0.227 e. The van der Waals surface area contributed by atoms with Gasteiger partial charge in [-0.05, 0) is 6.07 Å². The minimum atomic E-state index is 0.136. The fourth-order valence-corrected chi connectivity index (χ4v) is 2.29. The molecule has 0 spiro atoms. The predicted octanol–water partition coefficient (Wildman–Crippen LogP) is 1.18. The molecule has 1 aliphatic heterocycles. The third-order valence-corrected chi connectivity index (χ3v) is 3.24. The summed E-state index contributed by atoms with van der Waals surface area (Å²) in [6, 6.07) is 3.66. The summed E-state index contributed by atoms with van der Waals surface area (Å²) in [5.41, 5.74) is 1.61. The van der Waals surface area contributed by atoms with Crippen molar-refractivity contribution < 1.29 is 14.6 Å². The molecule has 6 heteroatoms. The topological polar surface area (TPSA) is 67.7 Å². The lowest BCUT2D eigenvalue weighted by atomic mass is 10.1. The Morgan fingerprint density at radius 1 is 1.26 bits per heavy atom. The molecule has 0 unspecified atom stereocenters. The Morgan fingerprint density at radius 2 is 2.05 bits per heavy atom. The number of hydrogen-bond donors (Lipinski definition) is 1. The van der Waals surface area contributed by atoms with E-state index in [9.17, 15) is 5.11 Å². The molecule has 1 aliphatic rings. The van der Waals surface area contributed by atoms with E-state index in [1.54, 1.807) is 6.07 Å². The molecule has 0 atom stereocenters. The number of rotatable bonds is 2. The normalized spacial score (nSPS) is 15.7. The van der Waals surface area contributed by atoms with Crippen molar-refractivity contribution in [3.8, 4) is 11.6 Å². The van der Waals surface area contributed by atoms with Crippen molar-refractivity contribution in [1.29, 1.82) is 0 Å². The molecule has 0 aliphatic carbocycles. The second-order valence-corrected chi connectivity index (χ2v) is 4.34. The molecule has 100 valence electrons. The maximum atomic E-state index is 10.2. The third kappa shape index (κ3) is 2.15. The molecule has 0 saturated carbocycles. The lowest BCUT2D eigenvalue weighted by Gasteiger charge is -2.29. The zero-order chi connectivity index (χ0) is 13.2. The number of fused-ring (bicyclic) bond motifs is 1. The van der Waals surface area contributed by atoms with Gasteiger partial charge in [0, 0.05) is 24.8 Å². The Hall–Kier alpha value is -2.08. The Labute approximate surface area is 110 Å². The minimum absolute atomic E-state index is 0.136. The molecule has 19 heavy (non-hydrogen) atoms. The summed E-state index contributed by atoms with van der Waals surface area (Å²) in [6.07, 6.45) is 1.43. The predicted molar refractivity (Wildman–Crippen MR) is 70.8 cm³/mol. The van der Waals surface area contributed by atoms with Crippen LogP contribution in [0.15, 0.2) is 18.5 Å². The highest BCUT2D eigenvalue weighted by Gasteiger charge is 2.16. The van der Waals surface area contributed by atoms with Crippen molar-refractivity contribution in [3.05, 3.63) is 18.5 Å². The average molecular weight is 261 g/mol. The Bertz CT molecular complexity index is 597. The molecule has 1 aromatic heterocycles. The van der Waals surface area contributed by atoms with E-state index in [-0.39, 0.29) is 5.75 Å². The fourth-order valence-electron chi connectivity index (χ4n) is 2.29. The van der Waals surface area contributed by atoms with Crippen LogP contribution >= 0.6 is 0 Å². The van der Waals surface area contributed by atoms with Gasteiger partial charge in [0.1, 0.15) is 17.5 Å². The molecule has 0 amide bonds. The summed E-state index contributed by atoms with van der Waals surface area (Å²) in [7, 11) is 1.52. The third-order valence-electron chi connectivity index (χ3n) is 3.24. The number of morpholine rings is 1. The first-order chi connectivity index (χ1) is 9.29. The molecule has 2 heterocycles. The molecule has 0 bridgehead atoms. The first-order valence-corrected chi connectivity index (χ1v) is 6.14. The summed E-state index contributed by atoms with van der Waals surface area (Å²) in [5.74, 6) is 0.521. The number of phenolic OH excluding ortho intramolecular Hbond substituents is 1. The average Bonchev–Trinajstić information content (AvgIpc) is 2.47. The first kappa shape index (κ1) is 12.0. The first-order valence-electron chi connectivity index (χ1n) is 6.14. The summed E-state index contributed by atoms with van der Waals surface area (Å²) >= 11 is 0. The number of aromatic nitrogens is 2. The van der Waals surface area contributed by atoms with Gasteiger partial charge in [0.25, 0.3) is 0 Å². The van der Waals surface area contributed by atoms with Crippen molar-refractivity contribution >= 4 is 16.6 Å². The van der Waals surface area contributed by atoms with E-state index in [2.05, 4.69) is 14.9 Å². The van der Waals surface area contributed by atoms with Gasteiger partial charge in [0.15, 0.2) is 0 Å². The van der Waals surface area contributed by atoms with E-state index < -0.39 is 0 Å². The summed E-state index contributed by atoms with van der Waals surface area (Å²) < 4.78 is 10.5. The molecule has 1 saturated heterocycles. The summed E-state index contributed by atoms with van der Waals surface area (Å²) in [6.45, 7) is 3.03. The van der Waals surface area contributed by atoms with Crippen molar-refractivity contribution in [3.63, 3.8) is 0 Å². The number of aromatic hydroxyl groups is 1. The van der Waals surface area contributed by atoms with Gasteiger partial charge >= 0.3 is 0 Å². The minimum Gasteiger partial charge on any atom is -0.507 e. The number of anilines is 1. The van der Waals surface area contributed by atoms with Gasteiger partial charge in [0.2, 0.25) is 5.88 Å². The fraction of sp³-hybridized carbons (Fsp3) is 0.385. The Kier molecular flexibility index (Phi) is 3.08. The van der Waals surface area contributed by atoms with Crippen LogP contribution in [0.5, 0.6) is 11.6 Å². The van der Waals surface area contributed by atoms with Crippen LogP contribution in [0, 0.1) is 0 Å². The van der Waals surface area contributed by atoms with Crippen LogP contribution in [0.25, 0.3) is 10.9 Å². The van der Waals surface area contributed by atoms with Crippen LogP contribution in [-0.4, -0.2) is 48.5 Å². The van der Waals surface area contributed by atoms with Gasteiger partial charge in [-0.3, -0.25) is 0 Å². The van der Waals surface area contributed by atoms with Gasteiger partial charge in [-0.25, -0.2) is 9.97 Å². The van der Waals surface area contributed by atoms with E-state index in [0.29, 0.717) is 30.0 Å². The van der Waals surface area contributed by atoms with Gasteiger partial charge in [-0.15, -0.1) is 0 Å². The van der Waals surface area contributed by atoms with E-state index >= 15 is 0 Å². The molecule has 1 aromatic carbocycles. The monoisotopic (exact) mass is 261 g/mol. The van der Waals surface area contributed by atoms with Crippen molar-refractivity contribution in [1.82, 2.24) is 9.97 Å². The van der Waals surface area contributed by atoms with E-state index in [1.165, 1.54) is 13.4 Å². The maximum Gasteiger partial charge on any atom is 0.227 e. The molecule has 1 N–H and O–H groups in total. The molecule has 3 rings (SSSR count). The molecule has 6 nitrogen and oxygen atoms in total. The molecule has 1 fully saturated rings. The van der Waals surface area contributed by atoms with Crippen LogP contribution in [0.2, 0.25) is 0 Å². The van der Waals surface area contributed by atoms with Crippen molar-refractivity contribution in [2.24, 2.45) is 0 Å². The van der Waals surface area contributed by atoms with Gasteiger partial charge in [-0.1, -0.05) is 0 Å². The van der Waals surface area contributed by atoms with Crippen LogP contribution in [0.3, 0.4) is 0 Å². The standard InChI is InChI=1S/C13H15N3O3/c1-18-13-12-10(14-8-15-13)6-9(7-11(12)17)16-2-4-19-5-3-16/h6-8,17H,2-5H2,1H3. The van der Waals surface area contributed by atoms with E-state index in [4.69, 9.17) is 9.47 Å². The van der Waals surface area contributed by atoms with Crippen LogP contribution in [0.4, 0.5) is 5.69 Å². The molecular weight excluding hydrogens is 246 g/mol. The highest BCUT2D eigenvalue weighted by atomic mass is 16.5. The molecular formula is C13H15N3O3. The number of ether oxygens (including phenoxy) is 2. The second-order valence-electron chi connectivity index (χ2n) is 4.34. The quantitative estimate of drug-likeness (QED) is 0.875. The van der Waals surface area contributed by atoms with Gasteiger partial charge in [0.05, 0.1) is 25.8 Å². The number of nitrogens with zero attached hydrogens (tertiary/aromatic N) is 3. The van der Waals surface area contributed by atoms with Gasteiger partial charge < -0.3 is 19.5 Å². The SMILES string of the molecule is COc1ncnc2cc(N3CCOCC3)cc(O)c12. The second kappa shape index (κ2) is 4.89. The lowest BCUT2D eigenvalue weighted by molar-refractivity contribution is 0.122. The molecule has 2 aromatic rings. The van der Waals surface area contributed by atoms with Crippen LogP contribution in [-0.2, 0) is 4.74 Å². The zero-order valence-corrected chi connectivity index (χ0v) is 10.7. The summed E-state index contributed by atoms with van der Waals surface area (Å²) in [4.78, 5) is 10.4. The van der Waals surface area contributed by atoms with Crippen molar-refractivity contribution in [2.45, 2.75) is 0 Å². The summed E-state index contributed by atoms with van der Waals surface area (Å²) in [5, 5.41) is 10.7. The maximum absolute atomic E-state index is 10.2. The van der Waals surface area contributed by atoms with Gasteiger partial charge in [-0.2, -0.15) is 0 Å². The van der Waals surface area contributed by atoms with Crippen LogP contribution in [0.1, 0.15) is 0 Å². The number of hydrogen-bond acceptors (Lipinski definition) is 6. The molecule has 0 radical (unpaired) electrons. The largest absolute Gasteiger partial charge is 0.507 e. The van der Waals surface area contributed by atoms with E-state index in [1.807, 2.05) is 6.07 Å². The number of methoxy groups -OCH3 is 1. The lowest BCUT2D eigenvalue weighted by Crippen LogP contribution is -2.36. The highest BCUT2D eigenvalue weighted by Crippen LogP contribution is 2.34. The zero-order valence-electron chi connectivity index (χ0n) is 10.7. The number of phenols is 1. The number of benzene rings is 1. The Morgan fingerprint density at radius 3 is 2.79 bits per heavy atom. The van der Waals surface area contributed by atoms with E-state index in [0.717, 1.165) is 18.8 Å². The highest BCUT2D eigenvalue weighted by molar-refractivity contribution is 5.92.